The fourth-order valence-corrected chi connectivity index (χ4v) is 6.11. The van der Waals surface area contributed by atoms with Crippen LogP contribution in [0.4, 0.5) is 10.5 Å². The molecule has 0 unspecified atom stereocenters. The van der Waals surface area contributed by atoms with E-state index >= 15 is 0 Å². The van der Waals surface area contributed by atoms with Crippen molar-refractivity contribution in [2.75, 3.05) is 31.6 Å². The molecule has 10 nitrogen and oxygen atoms in total. The van der Waals surface area contributed by atoms with Gasteiger partial charge in [0.25, 0.3) is 11.8 Å². The molecule has 3 heterocycles. The number of halogens is 1. The van der Waals surface area contributed by atoms with Crippen molar-refractivity contribution in [3.63, 3.8) is 0 Å². The Hall–Kier alpha value is -3.89. The second-order valence-electron chi connectivity index (χ2n) is 12.8. The van der Waals surface area contributed by atoms with Crippen LogP contribution in [-0.4, -0.2) is 64.9 Å². The molecule has 2 aromatic carbocycles. The molecule has 3 aliphatic rings. The zero-order valence-corrected chi connectivity index (χ0v) is 26.4. The van der Waals surface area contributed by atoms with Gasteiger partial charge in [0, 0.05) is 49.6 Å². The Morgan fingerprint density at radius 3 is 2.55 bits per heavy atom. The van der Waals surface area contributed by atoms with Gasteiger partial charge in [-0.2, -0.15) is 5.10 Å². The first kappa shape index (κ1) is 30.1. The molecule has 1 aliphatic carbocycles. The Morgan fingerprint density at radius 1 is 1.07 bits per heavy atom. The van der Waals surface area contributed by atoms with Crippen LogP contribution in [0, 0.1) is 5.92 Å². The van der Waals surface area contributed by atoms with E-state index in [0.717, 1.165) is 29.5 Å². The van der Waals surface area contributed by atoms with E-state index in [4.69, 9.17) is 21.1 Å². The fourth-order valence-electron chi connectivity index (χ4n) is 5.92. The van der Waals surface area contributed by atoms with Gasteiger partial charge < -0.3 is 24.6 Å². The van der Waals surface area contributed by atoms with Crippen molar-refractivity contribution in [3.05, 3.63) is 75.1 Å². The predicted molar refractivity (Wildman–Crippen MR) is 167 cm³/mol. The van der Waals surface area contributed by atoms with Crippen molar-refractivity contribution in [2.24, 2.45) is 5.92 Å². The molecule has 44 heavy (non-hydrogen) atoms. The normalized spacial score (nSPS) is 16.4. The fraction of sp³-hybridized carbons (Fsp3) is 0.455. The lowest BCUT2D eigenvalue weighted by molar-refractivity contribution is 0.0223. The molecule has 1 saturated carbocycles. The quantitative estimate of drug-likeness (QED) is 0.384. The Kier molecular flexibility index (Phi) is 8.15. The lowest BCUT2D eigenvalue weighted by atomic mass is 9.93. The molecular formula is C33H38ClN5O5. The number of hydrogen-bond donors (Lipinski definition) is 1. The van der Waals surface area contributed by atoms with Gasteiger partial charge in [-0.1, -0.05) is 17.7 Å². The first-order chi connectivity index (χ1) is 21.0. The number of hydrogen-bond acceptors (Lipinski definition) is 6. The Morgan fingerprint density at radius 2 is 1.84 bits per heavy atom. The Balaban J connectivity index is 1.36. The summed E-state index contributed by atoms with van der Waals surface area (Å²) in [5.41, 5.74) is 5.01. The smallest absolute Gasteiger partial charge is 0.410 e. The van der Waals surface area contributed by atoms with Gasteiger partial charge in [-0.3, -0.25) is 9.59 Å². The molecular weight excluding hydrogens is 582 g/mol. The summed E-state index contributed by atoms with van der Waals surface area (Å²) in [6, 6.07) is 11.1. The van der Waals surface area contributed by atoms with Gasteiger partial charge in [-0.25, -0.2) is 9.48 Å². The number of methoxy groups -OCH3 is 1. The first-order valence-electron chi connectivity index (χ1n) is 15.1. The van der Waals surface area contributed by atoms with E-state index in [1.807, 2.05) is 39.0 Å². The molecule has 3 amide bonds. The van der Waals surface area contributed by atoms with Gasteiger partial charge in [0.05, 0.1) is 12.3 Å². The Labute approximate surface area is 262 Å². The van der Waals surface area contributed by atoms with Gasteiger partial charge in [0.1, 0.15) is 11.3 Å². The summed E-state index contributed by atoms with van der Waals surface area (Å²) in [6.45, 7) is 7.81. The number of ether oxygens (including phenoxy) is 2. The number of fused-ring (bicyclic) bond motifs is 2. The van der Waals surface area contributed by atoms with Crippen LogP contribution >= 0.6 is 11.6 Å². The van der Waals surface area contributed by atoms with Crippen molar-refractivity contribution in [2.45, 2.75) is 65.2 Å². The number of amides is 3. The minimum atomic E-state index is -0.599. The highest BCUT2D eigenvalue weighted by atomic mass is 35.5. The number of carbonyl (C=O) groups is 3. The van der Waals surface area contributed by atoms with Crippen LogP contribution in [0.25, 0.3) is 5.69 Å². The van der Waals surface area contributed by atoms with Crippen molar-refractivity contribution in [1.82, 2.24) is 20.0 Å². The molecule has 0 spiro atoms. The number of nitrogens with zero attached hydrogens (tertiary/aromatic N) is 4. The molecule has 1 aromatic heterocycles. The molecule has 3 aromatic rings. The maximum atomic E-state index is 14.4. The zero-order chi connectivity index (χ0) is 31.2. The van der Waals surface area contributed by atoms with E-state index in [1.165, 1.54) is 0 Å². The number of aromatic nitrogens is 2. The van der Waals surface area contributed by atoms with Crippen molar-refractivity contribution in [3.8, 4) is 5.69 Å². The summed E-state index contributed by atoms with van der Waals surface area (Å²) in [5.74, 6) is -0.0184. The summed E-state index contributed by atoms with van der Waals surface area (Å²) < 4.78 is 12.7. The van der Waals surface area contributed by atoms with Crippen LogP contribution in [0.3, 0.4) is 0 Å². The van der Waals surface area contributed by atoms with Crippen LogP contribution in [0.15, 0.2) is 36.4 Å². The molecule has 0 radical (unpaired) electrons. The molecule has 11 heteroatoms. The number of rotatable bonds is 7. The van der Waals surface area contributed by atoms with Crippen molar-refractivity contribution < 1.29 is 23.9 Å². The van der Waals surface area contributed by atoms with E-state index in [0.29, 0.717) is 79.2 Å². The van der Waals surface area contributed by atoms with Gasteiger partial charge >= 0.3 is 6.09 Å². The van der Waals surface area contributed by atoms with E-state index in [-0.39, 0.29) is 23.6 Å². The largest absolute Gasteiger partial charge is 0.444 e. The van der Waals surface area contributed by atoms with Crippen LogP contribution < -0.4 is 10.2 Å². The molecule has 6 rings (SSSR count). The van der Waals surface area contributed by atoms with Crippen molar-refractivity contribution >= 4 is 35.2 Å². The van der Waals surface area contributed by atoms with E-state index in [1.54, 1.807) is 39.8 Å². The summed E-state index contributed by atoms with van der Waals surface area (Å²) in [5, 5.41) is 8.18. The third-order valence-corrected chi connectivity index (χ3v) is 8.44. The van der Waals surface area contributed by atoms with Gasteiger partial charge in [0.15, 0.2) is 5.69 Å². The second kappa shape index (κ2) is 11.9. The topological polar surface area (TPSA) is 106 Å². The predicted octanol–water partition coefficient (Wildman–Crippen LogP) is 5.31. The minimum absolute atomic E-state index is 0.261. The maximum Gasteiger partial charge on any atom is 0.410 e. The highest BCUT2D eigenvalue weighted by Gasteiger charge is 2.36. The summed E-state index contributed by atoms with van der Waals surface area (Å²) in [7, 11) is 1.65. The molecule has 0 bridgehead atoms. The third-order valence-electron chi connectivity index (χ3n) is 8.21. The highest BCUT2D eigenvalue weighted by Crippen LogP contribution is 2.34. The minimum Gasteiger partial charge on any atom is -0.444 e. The zero-order valence-electron chi connectivity index (χ0n) is 25.6. The third kappa shape index (κ3) is 6.19. The first-order valence-corrected chi connectivity index (χ1v) is 15.5. The molecule has 0 atom stereocenters. The Bertz CT molecular complexity index is 1620. The molecule has 1 fully saturated rings. The summed E-state index contributed by atoms with van der Waals surface area (Å²) >= 11 is 6.32. The SMILES string of the molecule is COCc1cc(N2CCc3c(C(=O)NCC4CC4)nn(-c4cccc(Cl)c4)c3C2=O)cc2c1CCN(C(=O)OC(C)(C)C)C2. The van der Waals surface area contributed by atoms with Gasteiger partial charge in [0.2, 0.25) is 0 Å². The number of carbonyl (C=O) groups excluding carboxylic acids is 3. The lowest BCUT2D eigenvalue weighted by Gasteiger charge is -2.34. The van der Waals surface area contributed by atoms with Crippen LogP contribution in [0.1, 0.15) is 76.8 Å². The van der Waals surface area contributed by atoms with Crippen molar-refractivity contribution in [1.29, 1.82) is 0 Å². The maximum absolute atomic E-state index is 14.4. The second-order valence-corrected chi connectivity index (χ2v) is 13.2. The number of nitrogens with one attached hydrogen (secondary N) is 1. The number of benzene rings is 2. The molecule has 2 aliphatic heterocycles. The van der Waals surface area contributed by atoms with Crippen LogP contribution in [0.5, 0.6) is 0 Å². The van der Waals surface area contributed by atoms with Gasteiger partial charge in [-0.15, -0.1) is 0 Å². The van der Waals surface area contributed by atoms with Crippen LogP contribution in [0.2, 0.25) is 5.02 Å². The van der Waals surface area contributed by atoms with E-state index in [9.17, 15) is 14.4 Å². The standard InChI is InChI=1S/C33H38ClN5O5/c1-33(2,3)44-32(42)37-12-10-26-21(18-37)14-25(15-22(26)19-43-4)38-13-11-27-28(30(40)35-17-20-8-9-20)36-39(29(27)31(38)41)24-7-5-6-23(34)16-24/h5-7,14-16,20H,8-13,17-19H2,1-4H3,(H,35,40). The van der Waals surface area contributed by atoms with Gasteiger partial charge in [-0.05, 0) is 99.4 Å². The molecule has 0 saturated heterocycles. The monoisotopic (exact) mass is 619 g/mol. The summed E-state index contributed by atoms with van der Waals surface area (Å²) in [6.07, 6.45) is 2.98. The number of anilines is 1. The lowest BCUT2D eigenvalue weighted by Crippen LogP contribution is -2.41. The highest BCUT2D eigenvalue weighted by molar-refractivity contribution is 6.30. The van der Waals surface area contributed by atoms with E-state index in [2.05, 4.69) is 10.4 Å². The molecule has 232 valence electrons. The van der Waals surface area contributed by atoms with E-state index < -0.39 is 5.60 Å². The summed E-state index contributed by atoms with van der Waals surface area (Å²) in [4.78, 5) is 44.0. The van der Waals surface area contributed by atoms with Crippen LogP contribution in [-0.2, 0) is 35.5 Å². The average molecular weight is 620 g/mol. The molecule has 1 N–H and O–H groups in total. The average Bonchev–Trinajstić information content (AvgIpc) is 3.72.